The second-order valence-corrected chi connectivity index (χ2v) is 27.7. The number of unbranched alkanes of at least 4 members (excludes halogenated alkanes) is 53. The topological polar surface area (TPSA) is 111 Å². The summed E-state index contributed by atoms with van der Waals surface area (Å²) in [5.74, 6) is -0.813. The Balaban J connectivity index is 3.85. The largest absolute Gasteiger partial charge is 0.756 e. The predicted molar refractivity (Wildman–Crippen MR) is 352 cm³/mol. The van der Waals surface area contributed by atoms with Crippen molar-refractivity contribution >= 4 is 19.8 Å². The molecule has 10 heteroatoms. The van der Waals surface area contributed by atoms with Gasteiger partial charge < -0.3 is 27.9 Å². The van der Waals surface area contributed by atoms with Crippen LogP contribution in [0.15, 0.2) is 12.2 Å². The first-order valence-electron chi connectivity index (χ1n) is 36.4. The molecule has 0 amide bonds. The third-order valence-electron chi connectivity index (χ3n) is 16.8. The number of quaternary nitrogens is 1. The highest BCUT2D eigenvalue weighted by Gasteiger charge is 2.22. The highest BCUT2D eigenvalue weighted by molar-refractivity contribution is 7.45. The van der Waals surface area contributed by atoms with E-state index in [1.165, 1.54) is 315 Å². The number of carbonyl (C=O) groups excluding carboxylic acids is 2. The van der Waals surface area contributed by atoms with E-state index in [2.05, 4.69) is 26.0 Å². The molecular formula is C72H142NO8P. The van der Waals surface area contributed by atoms with Crippen LogP contribution in [0.4, 0.5) is 0 Å². The maximum Gasteiger partial charge on any atom is 0.306 e. The number of allylic oxidation sites excluding steroid dienone is 2. The van der Waals surface area contributed by atoms with Crippen molar-refractivity contribution in [2.45, 2.75) is 392 Å². The highest BCUT2D eigenvalue weighted by Crippen LogP contribution is 2.38. The molecular weight excluding hydrogens is 1040 g/mol. The maximum atomic E-state index is 12.8. The Bertz CT molecular complexity index is 1390. The number of phosphoric acid groups is 1. The first-order valence-corrected chi connectivity index (χ1v) is 37.9. The van der Waals surface area contributed by atoms with Crippen molar-refractivity contribution in [3.05, 3.63) is 12.2 Å². The molecule has 9 nitrogen and oxygen atoms in total. The number of esters is 2. The molecule has 488 valence electrons. The first-order chi connectivity index (χ1) is 40.0. The SMILES string of the molecule is CCCCCCCC/C=C\CCCCCCCCCCCC(=O)OC(COC(=O)CCCCCCCCCCCCCCCCCCCCCCCCCCCCCCCCCCCCCCCCC)COP(=O)([O-])OCC[N+](C)(C)C. The first kappa shape index (κ1) is 80.8. The van der Waals surface area contributed by atoms with Crippen LogP contribution in [-0.4, -0.2) is 70.0 Å². The third-order valence-corrected chi connectivity index (χ3v) is 17.7. The summed E-state index contributed by atoms with van der Waals surface area (Å²) >= 11 is 0. The van der Waals surface area contributed by atoms with Crippen molar-refractivity contribution in [1.82, 2.24) is 0 Å². The number of rotatable bonds is 69. The van der Waals surface area contributed by atoms with Gasteiger partial charge >= 0.3 is 11.9 Å². The van der Waals surface area contributed by atoms with Crippen molar-refractivity contribution in [2.24, 2.45) is 0 Å². The number of nitrogens with zero attached hydrogens (tertiary/aromatic N) is 1. The van der Waals surface area contributed by atoms with E-state index < -0.39 is 26.5 Å². The van der Waals surface area contributed by atoms with E-state index in [4.69, 9.17) is 18.5 Å². The molecule has 2 atom stereocenters. The monoisotopic (exact) mass is 1180 g/mol. The van der Waals surface area contributed by atoms with E-state index in [1.54, 1.807) is 0 Å². The van der Waals surface area contributed by atoms with E-state index in [-0.39, 0.29) is 32.0 Å². The van der Waals surface area contributed by atoms with E-state index in [1.807, 2.05) is 21.1 Å². The van der Waals surface area contributed by atoms with Crippen molar-refractivity contribution in [1.29, 1.82) is 0 Å². The molecule has 2 unspecified atom stereocenters. The predicted octanol–water partition coefficient (Wildman–Crippen LogP) is 22.9. The summed E-state index contributed by atoms with van der Waals surface area (Å²) in [5, 5.41) is 0. The molecule has 0 aromatic rings. The van der Waals surface area contributed by atoms with Gasteiger partial charge in [0.1, 0.15) is 19.8 Å². The van der Waals surface area contributed by atoms with Gasteiger partial charge in [0.05, 0.1) is 27.7 Å². The van der Waals surface area contributed by atoms with Crippen LogP contribution in [0.5, 0.6) is 0 Å². The highest BCUT2D eigenvalue weighted by atomic mass is 31.2. The van der Waals surface area contributed by atoms with Crippen molar-refractivity contribution in [3.8, 4) is 0 Å². The molecule has 0 rings (SSSR count). The van der Waals surface area contributed by atoms with Crippen LogP contribution in [0.3, 0.4) is 0 Å². The molecule has 0 aliphatic heterocycles. The summed E-state index contributed by atoms with van der Waals surface area (Å²) < 4.78 is 34.3. The lowest BCUT2D eigenvalue weighted by Gasteiger charge is -2.28. The Morgan fingerprint density at radius 1 is 0.366 bits per heavy atom. The average molecular weight is 1180 g/mol. The van der Waals surface area contributed by atoms with Gasteiger partial charge in [-0.25, -0.2) is 0 Å². The number of hydrogen-bond donors (Lipinski definition) is 0. The fourth-order valence-electron chi connectivity index (χ4n) is 11.2. The molecule has 0 aliphatic rings. The Morgan fingerprint density at radius 3 is 0.902 bits per heavy atom. The molecule has 0 heterocycles. The van der Waals surface area contributed by atoms with Crippen LogP contribution in [0.2, 0.25) is 0 Å². The van der Waals surface area contributed by atoms with Gasteiger partial charge in [-0.05, 0) is 38.5 Å². The lowest BCUT2D eigenvalue weighted by atomic mass is 10.0. The smallest absolute Gasteiger partial charge is 0.306 e. The van der Waals surface area contributed by atoms with Gasteiger partial charge in [-0.1, -0.05) is 347 Å². The normalized spacial score (nSPS) is 13.1. The number of carbonyl (C=O) groups is 2. The fraction of sp³-hybridized carbons (Fsp3) is 0.944. The molecule has 0 aromatic heterocycles. The Kier molecular flexibility index (Phi) is 63.3. The molecule has 0 bridgehead atoms. The van der Waals surface area contributed by atoms with Crippen LogP contribution in [0.25, 0.3) is 0 Å². The Hall–Kier alpha value is -1.25. The number of ether oxygens (including phenoxy) is 2. The number of likely N-dealkylation sites (N-methyl/N-ethyl adjacent to an activating group) is 1. The summed E-state index contributed by atoms with van der Waals surface area (Å²) in [6.07, 6.45) is 79.0. The Labute approximate surface area is 511 Å². The summed E-state index contributed by atoms with van der Waals surface area (Å²) in [6, 6.07) is 0. The molecule has 0 aliphatic carbocycles. The van der Waals surface area contributed by atoms with Gasteiger partial charge in [-0.2, -0.15) is 0 Å². The summed E-state index contributed by atoms with van der Waals surface area (Å²) in [4.78, 5) is 38.0. The second-order valence-electron chi connectivity index (χ2n) is 26.3. The van der Waals surface area contributed by atoms with Gasteiger partial charge in [-0.15, -0.1) is 0 Å². The minimum absolute atomic E-state index is 0.0273. The van der Waals surface area contributed by atoms with Gasteiger partial charge in [0.25, 0.3) is 7.82 Å². The zero-order valence-electron chi connectivity index (χ0n) is 55.7. The van der Waals surface area contributed by atoms with Crippen LogP contribution >= 0.6 is 7.82 Å². The van der Waals surface area contributed by atoms with Crippen LogP contribution in [-0.2, 0) is 32.7 Å². The third kappa shape index (κ3) is 67.9. The number of hydrogen-bond acceptors (Lipinski definition) is 8. The van der Waals surface area contributed by atoms with Crippen molar-refractivity contribution in [3.63, 3.8) is 0 Å². The van der Waals surface area contributed by atoms with Crippen molar-refractivity contribution < 1.29 is 42.1 Å². The lowest BCUT2D eigenvalue weighted by Crippen LogP contribution is -2.37. The maximum absolute atomic E-state index is 12.8. The lowest BCUT2D eigenvalue weighted by molar-refractivity contribution is -0.870. The minimum atomic E-state index is -4.64. The van der Waals surface area contributed by atoms with Crippen LogP contribution in [0, 0.1) is 0 Å². The summed E-state index contributed by atoms with van der Waals surface area (Å²) in [6.45, 7) is 4.31. The van der Waals surface area contributed by atoms with E-state index in [0.29, 0.717) is 17.4 Å². The standard InChI is InChI=1S/C72H142NO8P/c1-6-8-10-12-14-16-18-20-22-24-26-27-28-29-30-31-32-33-34-35-36-37-38-39-40-41-42-43-44-45-47-48-50-52-54-56-58-60-62-64-71(74)78-68-70(69-80-82(76,77)79-67-66-73(3,4)5)81-72(75)65-63-61-59-57-55-53-51-49-46-25-23-21-19-17-15-13-11-9-7-2/h21,23,70H,6-20,22,24-69H2,1-5H3/b23-21-. The summed E-state index contributed by atoms with van der Waals surface area (Å²) in [7, 11) is 1.19. The molecule has 0 N–H and O–H groups in total. The van der Waals surface area contributed by atoms with E-state index in [9.17, 15) is 19.0 Å². The van der Waals surface area contributed by atoms with Gasteiger partial charge in [0.15, 0.2) is 6.10 Å². The zero-order valence-corrected chi connectivity index (χ0v) is 56.6. The average Bonchev–Trinajstić information content (AvgIpc) is 3.46. The van der Waals surface area contributed by atoms with Crippen LogP contribution < -0.4 is 4.89 Å². The van der Waals surface area contributed by atoms with Gasteiger partial charge in [0.2, 0.25) is 0 Å². The molecule has 82 heavy (non-hydrogen) atoms. The molecule has 0 saturated heterocycles. The number of phosphoric ester groups is 1. The zero-order chi connectivity index (χ0) is 59.8. The molecule has 0 radical (unpaired) electrons. The van der Waals surface area contributed by atoms with Gasteiger partial charge in [-0.3, -0.25) is 14.2 Å². The van der Waals surface area contributed by atoms with E-state index in [0.717, 1.165) is 38.5 Å². The van der Waals surface area contributed by atoms with Gasteiger partial charge in [0, 0.05) is 12.8 Å². The quantitative estimate of drug-likeness (QED) is 0.0195. The van der Waals surface area contributed by atoms with Crippen molar-refractivity contribution in [2.75, 3.05) is 47.5 Å². The van der Waals surface area contributed by atoms with E-state index >= 15 is 0 Å². The molecule has 0 aromatic carbocycles. The Morgan fingerprint density at radius 2 is 0.622 bits per heavy atom. The fourth-order valence-corrected chi connectivity index (χ4v) is 11.9. The van der Waals surface area contributed by atoms with Crippen LogP contribution in [0.1, 0.15) is 386 Å². The molecule has 0 saturated carbocycles. The minimum Gasteiger partial charge on any atom is -0.756 e. The summed E-state index contributed by atoms with van der Waals surface area (Å²) in [5.41, 5.74) is 0. The second kappa shape index (κ2) is 64.2. The molecule has 0 fully saturated rings. The molecule has 0 spiro atoms.